The van der Waals surface area contributed by atoms with Crippen LogP contribution in [0.3, 0.4) is 0 Å². The van der Waals surface area contributed by atoms with Crippen LogP contribution in [0.5, 0.6) is 0 Å². The largest absolute Gasteiger partial charge is 0.412 e. The van der Waals surface area contributed by atoms with Crippen LogP contribution in [0.2, 0.25) is 0 Å². The van der Waals surface area contributed by atoms with Crippen LogP contribution in [0.15, 0.2) is 0 Å². The van der Waals surface area contributed by atoms with Crippen molar-refractivity contribution in [3.05, 3.63) is 0 Å². The fourth-order valence-corrected chi connectivity index (χ4v) is 2.65. The van der Waals surface area contributed by atoms with E-state index in [1.54, 1.807) is 0 Å². The molecule has 0 saturated carbocycles. The van der Waals surface area contributed by atoms with Crippen LogP contribution in [0.4, 0.5) is 0 Å². The molecule has 8 N–H and O–H groups in total. The molecule has 124 valence electrons. The van der Waals surface area contributed by atoms with Gasteiger partial charge in [0, 0.05) is 29.6 Å². The first kappa shape index (κ1) is 27.9. The Labute approximate surface area is 121 Å². The molecule has 0 atom stereocenters. The molecule has 13 heteroatoms. The summed E-state index contributed by atoms with van der Waals surface area (Å²) in [6.45, 7) is 0.642. The van der Waals surface area contributed by atoms with Crippen LogP contribution in [0.25, 0.3) is 0 Å². The summed E-state index contributed by atoms with van der Waals surface area (Å²) in [6, 6.07) is 0. The van der Waals surface area contributed by atoms with Crippen LogP contribution in [0, 0.1) is 0 Å². The van der Waals surface area contributed by atoms with E-state index in [9.17, 15) is 9.13 Å². The van der Waals surface area contributed by atoms with Gasteiger partial charge in [-0.3, -0.25) is 18.9 Å². The summed E-state index contributed by atoms with van der Waals surface area (Å²) in [6.07, 6.45) is -0.729. The first-order chi connectivity index (χ1) is 6.99. The molecule has 0 aromatic rings. The SMILES string of the molecule is CN(CCN(C)CP(=O)(O)O)CP(=O)(O)O.O.O.[Ni]. The van der Waals surface area contributed by atoms with Gasteiger partial charge in [-0.15, -0.1) is 0 Å². The van der Waals surface area contributed by atoms with Crippen molar-refractivity contribution in [1.29, 1.82) is 0 Å². The summed E-state index contributed by atoms with van der Waals surface area (Å²) >= 11 is 0. The second-order valence-corrected chi connectivity index (χ2v) is 7.00. The standard InChI is InChI=1S/C6H18N2O6P2.Ni.2H2O/c1-7(5-15(9,10)11)3-4-8(2)6-16(12,13)14;;;/h3-6H2,1-2H3,(H2,9,10,11)(H2,12,13,14);;2*1H2. The molecule has 0 fully saturated rings. The Bertz CT molecular complexity index is 278. The number of hydrogen-bond acceptors (Lipinski definition) is 4. The van der Waals surface area contributed by atoms with E-state index in [-0.39, 0.29) is 40.0 Å². The molecule has 19 heavy (non-hydrogen) atoms. The molecule has 0 saturated heterocycles. The van der Waals surface area contributed by atoms with Crippen LogP contribution >= 0.6 is 15.2 Å². The summed E-state index contributed by atoms with van der Waals surface area (Å²) < 4.78 is 21.3. The van der Waals surface area contributed by atoms with Gasteiger partial charge in [0.15, 0.2) is 0 Å². The maximum absolute atomic E-state index is 10.6. The Morgan fingerprint density at radius 1 is 0.789 bits per heavy atom. The van der Waals surface area contributed by atoms with E-state index in [0.717, 1.165) is 0 Å². The molecule has 0 aliphatic carbocycles. The van der Waals surface area contributed by atoms with Crippen molar-refractivity contribution < 1.29 is 56.1 Å². The van der Waals surface area contributed by atoms with Gasteiger partial charge in [0.2, 0.25) is 0 Å². The third-order valence-corrected chi connectivity index (χ3v) is 3.42. The third kappa shape index (κ3) is 21.1. The van der Waals surface area contributed by atoms with Crippen LogP contribution in [-0.4, -0.2) is 80.1 Å². The van der Waals surface area contributed by atoms with Gasteiger partial charge >= 0.3 is 15.2 Å². The smallest absolute Gasteiger partial charge is 0.339 e. The van der Waals surface area contributed by atoms with Crippen LogP contribution < -0.4 is 0 Å². The van der Waals surface area contributed by atoms with Crippen molar-refractivity contribution in [2.45, 2.75) is 0 Å². The molecule has 0 aromatic heterocycles. The Kier molecular flexibility index (Phi) is 16.6. The molecule has 0 radical (unpaired) electrons. The van der Waals surface area contributed by atoms with Gasteiger partial charge in [-0.1, -0.05) is 0 Å². The minimum absolute atomic E-state index is 0. The molecule has 0 amide bonds. The first-order valence-corrected chi connectivity index (χ1v) is 8.05. The second-order valence-electron chi connectivity index (χ2n) is 3.77. The van der Waals surface area contributed by atoms with Gasteiger partial charge in [-0.2, -0.15) is 0 Å². The molecule has 0 aliphatic heterocycles. The van der Waals surface area contributed by atoms with E-state index in [2.05, 4.69) is 0 Å². The molecule has 0 aromatic carbocycles. The van der Waals surface area contributed by atoms with E-state index in [1.165, 1.54) is 23.9 Å². The van der Waals surface area contributed by atoms with E-state index < -0.39 is 15.2 Å². The maximum Gasteiger partial charge on any atom is 0.339 e. The summed E-state index contributed by atoms with van der Waals surface area (Å²) in [7, 11) is -5.07. The molecule has 0 rings (SSSR count). The molecule has 0 heterocycles. The molecule has 0 aliphatic rings. The summed E-state index contributed by atoms with van der Waals surface area (Å²) in [5.41, 5.74) is 0. The Hall–Kier alpha value is 0.634. The van der Waals surface area contributed by atoms with Crippen molar-refractivity contribution >= 4 is 15.2 Å². The summed E-state index contributed by atoms with van der Waals surface area (Å²) in [4.78, 5) is 37.5. The van der Waals surface area contributed by atoms with Crippen LogP contribution in [-0.2, 0) is 25.6 Å². The van der Waals surface area contributed by atoms with Crippen molar-refractivity contribution in [2.24, 2.45) is 0 Å². The van der Waals surface area contributed by atoms with E-state index >= 15 is 0 Å². The van der Waals surface area contributed by atoms with Crippen molar-refractivity contribution in [1.82, 2.24) is 9.80 Å². The molecule has 0 unspecified atom stereocenters. The van der Waals surface area contributed by atoms with Crippen molar-refractivity contribution in [2.75, 3.05) is 39.8 Å². The van der Waals surface area contributed by atoms with Gasteiger partial charge < -0.3 is 30.5 Å². The van der Waals surface area contributed by atoms with Gasteiger partial charge in [0.05, 0.1) is 0 Å². The quantitative estimate of drug-likeness (QED) is 0.279. The number of likely N-dealkylation sites (N-methyl/N-ethyl adjacent to an activating group) is 2. The fraction of sp³-hybridized carbons (Fsp3) is 1.00. The molecule has 0 spiro atoms. The summed E-state index contributed by atoms with van der Waals surface area (Å²) in [5.74, 6) is 0. The minimum atomic E-state index is -4.07. The Balaban J connectivity index is -0.000000375. The average Bonchev–Trinajstić information content (AvgIpc) is 1.94. The monoisotopic (exact) mass is 370 g/mol. The van der Waals surface area contributed by atoms with Crippen LogP contribution in [0.1, 0.15) is 0 Å². The zero-order chi connectivity index (χ0) is 13.0. The predicted molar refractivity (Wildman–Crippen MR) is 66.3 cm³/mol. The number of rotatable bonds is 7. The second kappa shape index (κ2) is 11.3. The molecule has 0 bridgehead atoms. The van der Waals surface area contributed by atoms with E-state index in [1.807, 2.05) is 0 Å². The van der Waals surface area contributed by atoms with E-state index in [0.29, 0.717) is 13.1 Å². The Morgan fingerprint density at radius 3 is 1.16 bits per heavy atom. The van der Waals surface area contributed by atoms with E-state index in [4.69, 9.17) is 19.6 Å². The maximum atomic E-state index is 10.6. The van der Waals surface area contributed by atoms with Crippen molar-refractivity contribution in [3.63, 3.8) is 0 Å². The number of nitrogens with zero attached hydrogens (tertiary/aromatic N) is 2. The van der Waals surface area contributed by atoms with Crippen molar-refractivity contribution in [3.8, 4) is 0 Å². The normalized spacial score (nSPS) is 11.6. The third-order valence-electron chi connectivity index (χ3n) is 1.71. The predicted octanol–water partition coefficient (Wildman–Crippen LogP) is -2.53. The Morgan fingerprint density at radius 2 is 1.00 bits per heavy atom. The van der Waals surface area contributed by atoms with Gasteiger partial charge in [0.1, 0.15) is 12.6 Å². The first-order valence-electron chi connectivity index (χ1n) is 4.46. The zero-order valence-electron chi connectivity index (χ0n) is 10.5. The summed E-state index contributed by atoms with van der Waals surface area (Å²) in [5, 5.41) is 0. The topological polar surface area (TPSA) is 185 Å². The molecule has 10 nitrogen and oxygen atoms in total. The molecular formula is C6H22N2NiO8P2. The number of hydrogen-bond donors (Lipinski definition) is 4. The molecular weight excluding hydrogens is 349 g/mol. The average molecular weight is 371 g/mol. The zero-order valence-corrected chi connectivity index (χ0v) is 13.3. The van der Waals surface area contributed by atoms with Gasteiger partial charge in [-0.25, -0.2) is 0 Å². The van der Waals surface area contributed by atoms with Gasteiger partial charge in [-0.05, 0) is 14.1 Å². The van der Waals surface area contributed by atoms with Gasteiger partial charge in [0.25, 0.3) is 0 Å². The minimum Gasteiger partial charge on any atom is -0.412 e. The fourth-order valence-electron chi connectivity index (χ4n) is 1.11.